The zero-order chi connectivity index (χ0) is 9.71. The molecule has 0 spiro atoms. The van der Waals surface area contributed by atoms with Gasteiger partial charge in [-0.25, -0.2) is 4.98 Å². The molecule has 3 rings (SSSR count). The van der Waals surface area contributed by atoms with Crippen LogP contribution in [0.4, 0.5) is 0 Å². The molecule has 0 atom stereocenters. The lowest BCUT2D eigenvalue weighted by atomic mass is 10.3. The van der Waals surface area contributed by atoms with Crippen molar-refractivity contribution in [2.24, 2.45) is 0 Å². The molecular weight excluding hydrogens is 178 g/mol. The first-order chi connectivity index (χ1) is 6.74. The highest BCUT2D eigenvalue weighted by Gasteiger charge is 2.26. The van der Waals surface area contributed by atoms with E-state index in [1.54, 1.807) is 6.07 Å². The van der Waals surface area contributed by atoms with Crippen molar-refractivity contribution in [2.75, 3.05) is 0 Å². The van der Waals surface area contributed by atoms with Crippen molar-refractivity contribution in [3.05, 3.63) is 23.5 Å². The van der Waals surface area contributed by atoms with Crippen LogP contribution in [0.15, 0.2) is 12.1 Å². The van der Waals surface area contributed by atoms with Gasteiger partial charge in [0.05, 0.1) is 5.69 Å². The van der Waals surface area contributed by atoms with Crippen molar-refractivity contribution >= 4 is 5.65 Å². The largest absolute Gasteiger partial charge is 0.493 e. The molecule has 4 heteroatoms. The first-order valence-electron chi connectivity index (χ1n) is 4.80. The van der Waals surface area contributed by atoms with Gasteiger partial charge in [0.15, 0.2) is 5.65 Å². The van der Waals surface area contributed by atoms with Crippen LogP contribution in [0.5, 0.6) is 5.88 Å². The molecule has 2 aromatic heterocycles. The molecule has 1 N–H and O–H groups in total. The molecule has 1 aliphatic rings. The van der Waals surface area contributed by atoms with Crippen LogP contribution in [0.25, 0.3) is 5.65 Å². The van der Waals surface area contributed by atoms with Gasteiger partial charge in [0.2, 0.25) is 5.88 Å². The van der Waals surface area contributed by atoms with E-state index in [-0.39, 0.29) is 5.88 Å². The summed E-state index contributed by atoms with van der Waals surface area (Å²) in [6.07, 6.45) is 2.42. The van der Waals surface area contributed by atoms with Gasteiger partial charge in [-0.3, -0.25) is 0 Å². The predicted octanol–water partition coefficient (Wildman–Crippen LogP) is 1.62. The molecule has 0 radical (unpaired) electrons. The molecule has 2 aromatic rings. The Balaban J connectivity index is 2.26. The Hall–Kier alpha value is -1.58. The van der Waals surface area contributed by atoms with Gasteiger partial charge in [0.25, 0.3) is 0 Å². The number of hydrogen-bond acceptors (Lipinski definition) is 3. The lowest BCUT2D eigenvalue weighted by molar-refractivity contribution is 0.434. The maximum absolute atomic E-state index is 9.63. The van der Waals surface area contributed by atoms with E-state index in [0.29, 0.717) is 5.92 Å². The third-order valence-electron chi connectivity index (χ3n) is 2.55. The van der Waals surface area contributed by atoms with Crippen LogP contribution in [-0.2, 0) is 0 Å². The Morgan fingerprint density at radius 3 is 2.93 bits per heavy atom. The maximum Gasteiger partial charge on any atom is 0.215 e. The lowest BCUT2D eigenvalue weighted by Crippen LogP contribution is -1.93. The van der Waals surface area contributed by atoms with Gasteiger partial charge in [0, 0.05) is 23.7 Å². The summed E-state index contributed by atoms with van der Waals surface area (Å²) in [4.78, 5) is 4.31. The monoisotopic (exact) mass is 189 g/mol. The van der Waals surface area contributed by atoms with Crippen LogP contribution in [0.3, 0.4) is 0 Å². The average molecular weight is 189 g/mol. The quantitative estimate of drug-likeness (QED) is 0.741. The minimum absolute atomic E-state index is 0.166. The predicted molar refractivity (Wildman–Crippen MR) is 51.4 cm³/mol. The zero-order valence-electron chi connectivity index (χ0n) is 7.94. The highest BCUT2D eigenvalue weighted by molar-refractivity contribution is 5.44. The molecule has 0 amide bonds. The van der Waals surface area contributed by atoms with E-state index in [1.165, 1.54) is 17.4 Å². The molecule has 0 unspecified atom stereocenters. The van der Waals surface area contributed by atoms with Crippen molar-refractivity contribution in [3.63, 3.8) is 0 Å². The van der Waals surface area contributed by atoms with Crippen LogP contribution < -0.4 is 0 Å². The second kappa shape index (κ2) is 2.47. The van der Waals surface area contributed by atoms with Crippen LogP contribution in [0, 0.1) is 6.92 Å². The smallest absolute Gasteiger partial charge is 0.215 e. The van der Waals surface area contributed by atoms with E-state index < -0.39 is 0 Å². The fourth-order valence-corrected chi connectivity index (χ4v) is 1.68. The second-order valence-corrected chi connectivity index (χ2v) is 3.87. The number of fused-ring (bicyclic) bond motifs is 1. The lowest BCUT2D eigenvalue weighted by Gasteiger charge is -1.97. The molecule has 0 aliphatic heterocycles. The normalized spacial score (nSPS) is 16.4. The van der Waals surface area contributed by atoms with Gasteiger partial charge >= 0.3 is 0 Å². The van der Waals surface area contributed by atoms with Gasteiger partial charge in [-0.05, 0) is 19.8 Å². The molecular formula is C10H11N3O. The molecule has 0 aromatic carbocycles. The van der Waals surface area contributed by atoms with E-state index in [9.17, 15) is 5.11 Å². The minimum atomic E-state index is 0.166. The van der Waals surface area contributed by atoms with E-state index in [0.717, 1.165) is 17.0 Å². The molecule has 2 heterocycles. The highest BCUT2D eigenvalue weighted by Crippen LogP contribution is 2.39. The van der Waals surface area contributed by atoms with Crippen LogP contribution in [0.1, 0.15) is 30.1 Å². The first-order valence-corrected chi connectivity index (χ1v) is 4.80. The Bertz CT molecular complexity index is 499. The number of aromatic nitrogens is 3. The van der Waals surface area contributed by atoms with E-state index in [1.807, 2.05) is 13.0 Å². The topological polar surface area (TPSA) is 50.4 Å². The highest BCUT2D eigenvalue weighted by atomic mass is 16.3. The molecule has 1 fully saturated rings. The summed E-state index contributed by atoms with van der Waals surface area (Å²) >= 11 is 0. The number of rotatable bonds is 1. The van der Waals surface area contributed by atoms with Gasteiger partial charge in [-0.15, -0.1) is 0 Å². The number of nitrogens with zero attached hydrogens (tertiary/aromatic N) is 3. The van der Waals surface area contributed by atoms with Gasteiger partial charge in [-0.1, -0.05) is 0 Å². The molecule has 1 saturated carbocycles. The molecule has 4 nitrogen and oxygen atoms in total. The summed E-state index contributed by atoms with van der Waals surface area (Å²) in [7, 11) is 0. The van der Waals surface area contributed by atoms with Crippen LogP contribution in [-0.4, -0.2) is 19.7 Å². The first kappa shape index (κ1) is 7.79. The van der Waals surface area contributed by atoms with Gasteiger partial charge in [-0.2, -0.15) is 9.61 Å². The SMILES string of the molecule is Cc1cc(O)n2nc(C3CC3)cc2n1. The number of aryl methyl sites for hydroxylation is 1. The minimum Gasteiger partial charge on any atom is -0.493 e. The van der Waals surface area contributed by atoms with Gasteiger partial charge < -0.3 is 5.11 Å². The van der Waals surface area contributed by atoms with Crippen molar-refractivity contribution < 1.29 is 5.11 Å². The summed E-state index contributed by atoms with van der Waals surface area (Å²) in [6.45, 7) is 1.86. The summed E-state index contributed by atoms with van der Waals surface area (Å²) in [5.41, 5.74) is 2.61. The second-order valence-electron chi connectivity index (χ2n) is 3.87. The van der Waals surface area contributed by atoms with E-state index in [4.69, 9.17) is 0 Å². The fraction of sp³-hybridized carbons (Fsp3) is 0.400. The number of aromatic hydroxyl groups is 1. The maximum atomic E-state index is 9.63. The van der Waals surface area contributed by atoms with Crippen LogP contribution in [0.2, 0.25) is 0 Å². The summed E-state index contributed by atoms with van der Waals surface area (Å²) in [5, 5.41) is 13.9. The number of hydrogen-bond donors (Lipinski definition) is 1. The Morgan fingerprint density at radius 1 is 1.43 bits per heavy atom. The molecule has 1 aliphatic carbocycles. The summed E-state index contributed by atoms with van der Waals surface area (Å²) in [6, 6.07) is 3.58. The van der Waals surface area contributed by atoms with Crippen molar-refractivity contribution in [1.82, 2.24) is 14.6 Å². The third-order valence-corrected chi connectivity index (χ3v) is 2.55. The zero-order valence-corrected chi connectivity index (χ0v) is 7.94. The third kappa shape index (κ3) is 1.07. The Morgan fingerprint density at radius 2 is 2.21 bits per heavy atom. The average Bonchev–Trinajstić information content (AvgIpc) is 2.87. The standard InChI is InChI=1S/C10H11N3O/c1-6-4-10(14)13-9(11-6)5-8(12-13)7-2-3-7/h4-5,7,14H,2-3H2,1H3. The molecule has 0 bridgehead atoms. The van der Waals surface area contributed by atoms with Crippen molar-refractivity contribution in [2.45, 2.75) is 25.7 Å². The van der Waals surface area contributed by atoms with Gasteiger partial charge in [0.1, 0.15) is 0 Å². The van der Waals surface area contributed by atoms with Crippen molar-refractivity contribution in [1.29, 1.82) is 0 Å². The van der Waals surface area contributed by atoms with Crippen molar-refractivity contribution in [3.8, 4) is 5.88 Å². The summed E-state index contributed by atoms with van der Waals surface area (Å²) < 4.78 is 1.50. The Kier molecular flexibility index (Phi) is 1.37. The molecule has 14 heavy (non-hydrogen) atoms. The van der Waals surface area contributed by atoms with E-state index in [2.05, 4.69) is 10.1 Å². The molecule has 0 saturated heterocycles. The summed E-state index contributed by atoms with van der Waals surface area (Å²) in [5.74, 6) is 0.760. The fourth-order valence-electron chi connectivity index (χ4n) is 1.68. The molecule has 72 valence electrons. The Labute approximate surface area is 81.2 Å². The van der Waals surface area contributed by atoms with E-state index >= 15 is 0 Å². The van der Waals surface area contributed by atoms with Crippen LogP contribution >= 0.6 is 0 Å².